The van der Waals surface area contributed by atoms with Crippen LogP contribution in [0, 0.1) is 17.3 Å². The summed E-state index contributed by atoms with van der Waals surface area (Å²) in [5.74, 6) is 5.81. The molecule has 0 saturated heterocycles. The van der Waals surface area contributed by atoms with Gasteiger partial charge >= 0.3 is 0 Å². The van der Waals surface area contributed by atoms with E-state index in [1.165, 1.54) is 0 Å². The van der Waals surface area contributed by atoms with Gasteiger partial charge in [0.1, 0.15) is 0 Å². The number of benzene rings is 1. The Bertz CT molecular complexity index is 580. The third kappa shape index (κ3) is 3.58. The second-order valence-electron chi connectivity index (χ2n) is 5.50. The van der Waals surface area contributed by atoms with Gasteiger partial charge in [-0.15, -0.1) is 0 Å². The van der Waals surface area contributed by atoms with Crippen LogP contribution in [0.4, 0.5) is 5.69 Å². The second-order valence-corrected chi connectivity index (χ2v) is 5.90. The summed E-state index contributed by atoms with van der Waals surface area (Å²) in [5, 5.41) is 3.59. The fraction of sp³-hybridized carbons (Fsp3) is 0.471. The molecule has 0 bridgehead atoms. The molecule has 1 aliphatic carbocycles. The fourth-order valence-electron chi connectivity index (χ4n) is 2.90. The molecule has 3 nitrogen and oxygen atoms in total. The second kappa shape index (κ2) is 6.98. The molecule has 0 unspecified atom stereocenters. The van der Waals surface area contributed by atoms with Crippen LogP contribution in [0.2, 0.25) is 5.02 Å². The molecule has 0 spiro atoms. The summed E-state index contributed by atoms with van der Waals surface area (Å²) in [4.78, 5) is 12.6. The highest BCUT2D eigenvalue weighted by atomic mass is 35.5. The van der Waals surface area contributed by atoms with E-state index in [2.05, 4.69) is 24.1 Å². The predicted octanol–water partition coefficient (Wildman–Crippen LogP) is 3.56. The lowest BCUT2D eigenvalue weighted by atomic mass is 9.82. The van der Waals surface area contributed by atoms with Crippen molar-refractivity contribution in [1.29, 1.82) is 0 Å². The number of anilines is 1. The Balaban J connectivity index is 2.17. The maximum atomic E-state index is 12.6. The largest absolute Gasteiger partial charge is 0.326 e. The molecule has 0 heterocycles. The van der Waals surface area contributed by atoms with Crippen LogP contribution in [0.15, 0.2) is 18.2 Å². The third-order valence-corrected chi connectivity index (χ3v) is 4.60. The molecular formula is C17H21ClN2O. The Labute approximate surface area is 131 Å². The standard InChI is InChI=1S/C17H21ClN2O/c1-2-17(9-3-4-10-17)16(21)20-14-7-8-15(18)13(12-14)6-5-11-19/h7-8,12H,2-4,9-11,19H2,1H3,(H,20,21). The summed E-state index contributed by atoms with van der Waals surface area (Å²) in [6.07, 6.45) is 5.10. The molecule has 1 aromatic carbocycles. The predicted molar refractivity (Wildman–Crippen MR) is 87.2 cm³/mol. The van der Waals surface area contributed by atoms with Gasteiger partial charge < -0.3 is 11.1 Å². The van der Waals surface area contributed by atoms with E-state index < -0.39 is 0 Å². The van der Waals surface area contributed by atoms with Gasteiger partial charge in [-0.2, -0.15) is 0 Å². The number of carbonyl (C=O) groups excluding carboxylic acids is 1. The van der Waals surface area contributed by atoms with E-state index in [9.17, 15) is 4.79 Å². The number of nitrogens with one attached hydrogen (secondary N) is 1. The minimum atomic E-state index is -0.206. The summed E-state index contributed by atoms with van der Waals surface area (Å²) in [6.45, 7) is 2.37. The Hall–Kier alpha value is -1.50. The summed E-state index contributed by atoms with van der Waals surface area (Å²) in [5.41, 5.74) is 6.60. The molecule has 112 valence electrons. The normalized spacial score (nSPS) is 16.1. The zero-order chi connectivity index (χ0) is 15.3. The van der Waals surface area contributed by atoms with Gasteiger partial charge in [0.25, 0.3) is 0 Å². The Kier molecular flexibility index (Phi) is 5.27. The lowest BCUT2D eigenvalue weighted by molar-refractivity contribution is -0.125. The monoisotopic (exact) mass is 304 g/mol. The van der Waals surface area contributed by atoms with Crippen molar-refractivity contribution in [2.45, 2.75) is 39.0 Å². The average molecular weight is 305 g/mol. The van der Waals surface area contributed by atoms with Crippen LogP contribution >= 0.6 is 11.6 Å². The molecule has 1 saturated carbocycles. The van der Waals surface area contributed by atoms with Crippen molar-refractivity contribution in [2.24, 2.45) is 11.1 Å². The van der Waals surface area contributed by atoms with Gasteiger partial charge in [0, 0.05) is 16.7 Å². The molecule has 1 fully saturated rings. The van der Waals surface area contributed by atoms with Crippen molar-refractivity contribution >= 4 is 23.2 Å². The highest BCUT2D eigenvalue weighted by molar-refractivity contribution is 6.31. The first-order valence-electron chi connectivity index (χ1n) is 7.41. The highest BCUT2D eigenvalue weighted by Gasteiger charge is 2.39. The lowest BCUT2D eigenvalue weighted by Crippen LogP contribution is -2.33. The quantitative estimate of drug-likeness (QED) is 0.839. The minimum Gasteiger partial charge on any atom is -0.326 e. The summed E-state index contributed by atoms with van der Waals surface area (Å²) in [7, 11) is 0. The van der Waals surface area contributed by atoms with E-state index in [0.29, 0.717) is 10.6 Å². The molecule has 1 aliphatic rings. The van der Waals surface area contributed by atoms with Crippen LogP contribution in [0.5, 0.6) is 0 Å². The zero-order valence-corrected chi connectivity index (χ0v) is 13.1. The van der Waals surface area contributed by atoms with Crippen LogP contribution in [-0.2, 0) is 4.79 Å². The number of nitrogens with two attached hydrogens (primary N) is 1. The molecule has 4 heteroatoms. The van der Waals surface area contributed by atoms with Crippen molar-refractivity contribution in [2.75, 3.05) is 11.9 Å². The Morgan fingerprint density at radius 1 is 1.43 bits per heavy atom. The third-order valence-electron chi connectivity index (χ3n) is 4.27. The summed E-state index contributed by atoms with van der Waals surface area (Å²) < 4.78 is 0. The van der Waals surface area contributed by atoms with Gasteiger partial charge in [0.15, 0.2) is 0 Å². The molecule has 1 aromatic rings. The first-order chi connectivity index (χ1) is 10.1. The highest BCUT2D eigenvalue weighted by Crippen LogP contribution is 2.41. The van der Waals surface area contributed by atoms with E-state index in [4.69, 9.17) is 17.3 Å². The van der Waals surface area contributed by atoms with E-state index >= 15 is 0 Å². The van der Waals surface area contributed by atoms with Crippen molar-refractivity contribution in [3.8, 4) is 11.8 Å². The number of halogens is 1. The van der Waals surface area contributed by atoms with Crippen LogP contribution in [0.25, 0.3) is 0 Å². The molecule has 0 aliphatic heterocycles. The molecule has 2 rings (SSSR count). The van der Waals surface area contributed by atoms with Crippen LogP contribution in [-0.4, -0.2) is 12.5 Å². The molecule has 3 N–H and O–H groups in total. The first kappa shape index (κ1) is 15.9. The van der Waals surface area contributed by atoms with Gasteiger partial charge in [-0.1, -0.05) is 43.2 Å². The van der Waals surface area contributed by atoms with Gasteiger partial charge in [-0.05, 0) is 37.5 Å². The molecule has 21 heavy (non-hydrogen) atoms. The molecular weight excluding hydrogens is 284 g/mol. The summed E-state index contributed by atoms with van der Waals surface area (Å²) in [6, 6.07) is 5.37. The van der Waals surface area contributed by atoms with Crippen molar-refractivity contribution in [1.82, 2.24) is 0 Å². The van der Waals surface area contributed by atoms with Gasteiger partial charge in [0.05, 0.1) is 11.6 Å². The topological polar surface area (TPSA) is 55.1 Å². The minimum absolute atomic E-state index is 0.113. The number of hydrogen-bond donors (Lipinski definition) is 2. The lowest BCUT2D eigenvalue weighted by Gasteiger charge is -2.26. The molecule has 1 amide bonds. The van der Waals surface area contributed by atoms with Crippen LogP contribution in [0.1, 0.15) is 44.6 Å². The molecule has 0 radical (unpaired) electrons. The molecule has 0 aromatic heterocycles. The van der Waals surface area contributed by atoms with Crippen molar-refractivity contribution in [3.05, 3.63) is 28.8 Å². The summed E-state index contributed by atoms with van der Waals surface area (Å²) >= 11 is 6.09. The Morgan fingerprint density at radius 2 is 2.14 bits per heavy atom. The average Bonchev–Trinajstić information content (AvgIpc) is 2.98. The number of carbonyl (C=O) groups is 1. The fourth-order valence-corrected chi connectivity index (χ4v) is 3.07. The maximum absolute atomic E-state index is 12.6. The van der Waals surface area contributed by atoms with Gasteiger partial charge in [-0.25, -0.2) is 0 Å². The van der Waals surface area contributed by atoms with Crippen molar-refractivity contribution in [3.63, 3.8) is 0 Å². The van der Waals surface area contributed by atoms with Crippen LogP contribution < -0.4 is 11.1 Å². The molecule has 0 atom stereocenters. The number of hydrogen-bond acceptors (Lipinski definition) is 2. The Morgan fingerprint density at radius 3 is 2.76 bits per heavy atom. The van der Waals surface area contributed by atoms with E-state index in [0.717, 1.165) is 37.8 Å². The first-order valence-corrected chi connectivity index (χ1v) is 7.79. The number of amides is 1. The van der Waals surface area contributed by atoms with E-state index in [1.54, 1.807) is 12.1 Å². The van der Waals surface area contributed by atoms with E-state index in [-0.39, 0.29) is 17.9 Å². The number of rotatable bonds is 3. The zero-order valence-electron chi connectivity index (χ0n) is 12.3. The SMILES string of the molecule is CCC1(C(=O)Nc2ccc(Cl)c(C#CCN)c2)CCCC1. The maximum Gasteiger partial charge on any atom is 0.230 e. The van der Waals surface area contributed by atoms with Crippen molar-refractivity contribution < 1.29 is 4.79 Å². The smallest absolute Gasteiger partial charge is 0.230 e. The van der Waals surface area contributed by atoms with Gasteiger partial charge in [0.2, 0.25) is 5.91 Å². The van der Waals surface area contributed by atoms with E-state index in [1.807, 2.05) is 6.07 Å². The van der Waals surface area contributed by atoms with Crippen LogP contribution in [0.3, 0.4) is 0 Å². The van der Waals surface area contributed by atoms with Gasteiger partial charge in [-0.3, -0.25) is 4.79 Å².